The van der Waals surface area contributed by atoms with Crippen LogP contribution in [0.1, 0.15) is 6.92 Å². The standard InChI is InChI=1S/C11H13Br2NO2S2/c1-8-7-17-5-4-14(8)18(15,16)11-6-9(12)2-3-10(11)13/h2-3,6,8H,4-5,7H2,1H3. The molecule has 100 valence electrons. The summed E-state index contributed by atoms with van der Waals surface area (Å²) in [6.07, 6.45) is 0. The van der Waals surface area contributed by atoms with Crippen molar-refractivity contribution in [2.24, 2.45) is 0 Å². The van der Waals surface area contributed by atoms with Gasteiger partial charge in [-0.15, -0.1) is 0 Å². The van der Waals surface area contributed by atoms with Crippen LogP contribution >= 0.6 is 43.6 Å². The van der Waals surface area contributed by atoms with Gasteiger partial charge in [0.2, 0.25) is 10.0 Å². The van der Waals surface area contributed by atoms with E-state index in [2.05, 4.69) is 31.9 Å². The topological polar surface area (TPSA) is 37.4 Å². The quantitative estimate of drug-likeness (QED) is 0.744. The third-order valence-electron chi connectivity index (χ3n) is 2.79. The van der Waals surface area contributed by atoms with E-state index in [1.165, 1.54) is 0 Å². The number of sulfonamides is 1. The fourth-order valence-electron chi connectivity index (χ4n) is 1.87. The van der Waals surface area contributed by atoms with E-state index < -0.39 is 10.0 Å². The first-order chi connectivity index (χ1) is 8.43. The molecule has 1 heterocycles. The number of rotatable bonds is 2. The lowest BCUT2D eigenvalue weighted by Crippen LogP contribution is -2.44. The Morgan fingerprint density at radius 1 is 1.39 bits per heavy atom. The lowest BCUT2D eigenvalue weighted by molar-refractivity contribution is 0.367. The maximum Gasteiger partial charge on any atom is 0.244 e. The SMILES string of the molecule is CC1CSCCN1S(=O)(=O)c1cc(Br)ccc1Br. The monoisotopic (exact) mass is 413 g/mol. The van der Waals surface area contributed by atoms with Gasteiger partial charge in [0.1, 0.15) is 0 Å². The van der Waals surface area contributed by atoms with Crippen molar-refractivity contribution in [2.75, 3.05) is 18.1 Å². The summed E-state index contributed by atoms with van der Waals surface area (Å²) in [6.45, 7) is 2.53. The van der Waals surface area contributed by atoms with Crippen molar-refractivity contribution in [2.45, 2.75) is 17.9 Å². The first-order valence-electron chi connectivity index (χ1n) is 5.47. The zero-order chi connectivity index (χ0) is 13.3. The van der Waals surface area contributed by atoms with Gasteiger partial charge in [0.25, 0.3) is 0 Å². The number of nitrogens with zero attached hydrogens (tertiary/aromatic N) is 1. The van der Waals surface area contributed by atoms with Crippen LogP contribution < -0.4 is 0 Å². The van der Waals surface area contributed by atoms with Crippen molar-refractivity contribution in [1.29, 1.82) is 0 Å². The third-order valence-corrected chi connectivity index (χ3v) is 7.48. The molecule has 0 amide bonds. The first kappa shape index (κ1) is 14.8. The van der Waals surface area contributed by atoms with Crippen LogP contribution in [-0.4, -0.2) is 36.8 Å². The van der Waals surface area contributed by atoms with E-state index >= 15 is 0 Å². The largest absolute Gasteiger partial charge is 0.244 e. The Bertz CT molecular complexity index is 548. The Balaban J connectivity index is 2.44. The van der Waals surface area contributed by atoms with E-state index in [9.17, 15) is 8.42 Å². The fraction of sp³-hybridized carbons (Fsp3) is 0.455. The molecule has 1 atom stereocenters. The van der Waals surface area contributed by atoms with Crippen LogP contribution in [0.5, 0.6) is 0 Å². The Morgan fingerprint density at radius 3 is 2.78 bits per heavy atom. The summed E-state index contributed by atoms with van der Waals surface area (Å²) in [5, 5.41) is 0. The van der Waals surface area contributed by atoms with Crippen molar-refractivity contribution in [3.63, 3.8) is 0 Å². The number of halogens is 2. The van der Waals surface area contributed by atoms with Gasteiger partial charge < -0.3 is 0 Å². The van der Waals surface area contributed by atoms with Gasteiger partial charge in [-0.25, -0.2) is 8.42 Å². The van der Waals surface area contributed by atoms with Crippen molar-refractivity contribution in [1.82, 2.24) is 4.31 Å². The molecule has 0 radical (unpaired) electrons. The van der Waals surface area contributed by atoms with Crippen LogP contribution in [-0.2, 0) is 10.0 Å². The van der Waals surface area contributed by atoms with Crippen molar-refractivity contribution < 1.29 is 8.42 Å². The Labute approximate surface area is 129 Å². The fourth-order valence-corrected chi connectivity index (χ4v) is 6.19. The first-order valence-corrected chi connectivity index (χ1v) is 9.65. The molecular weight excluding hydrogens is 402 g/mol. The summed E-state index contributed by atoms with van der Waals surface area (Å²) in [6, 6.07) is 5.26. The Morgan fingerprint density at radius 2 is 2.11 bits per heavy atom. The van der Waals surface area contributed by atoms with Crippen molar-refractivity contribution in [3.8, 4) is 0 Å². The minimum Gasteiger partial charge on any atom is -0.207 e. The molecule has 0 N–H and O–H groups in total. The molecule has 1 aromatic carbocycles. The van der Waals surface area contributed by atoms with Gasteiger partial charge in [-0.1, -0.05) is 15.9 Å². The molecule has 0 spiro atoms. The summed E-state index contributed by atoms with van der Waals surface area (Å²) in [5.41, 5.74) is 0. The zero-order valence-corrected chi connectivity index (χ0v) is 14.6. The Hall–Kier alpha value is 0.440. The van der Waals surface area contributed by atoms with Crippen LogP contribution in [0.4, 0.5) is 0 Å². The van der Waals surface area contributed by atoms with Crippen molar-refractivity contribution >= 4 is 53.6 Å². The minimum absolute atomic E-state index is 0.0413. The predicted molar refractivity (Wildman–Crippen MR) is 82.5 cm³/mol. The van der Waals surface area contributed by atoms with Gasteiger partial charge in [-0.2, -0.15) is 16.1 Å². The van der Waals surface area contributed by atoms with Gasteiger partial charge in [0.05, 0.1) is 4.90 Å². The molecule has 1 aliphatic heterocycles. The molecule has 3 nitrogen and oxygen atoms in total. The molecule has 1 aliphatic rings. The summed E-state index contributed by atoms with van der Waals surface area (Å²) < 4.78 is 28.2. The highest BCUT2D eigenvalue weighted by molar-refractivity contribution is 9.11. The summed E-state index contributed by atoms with van der Waals surface area (Å²) in [7, 11) is -3.42. The van der Waals surface area contributed by atoms with E-state index in [0.29, 0.717) is 15.9 Å². The molecule has 7 heteroatoms. The molecule has 0 aromatic heterocycles. The number of hydrogen-bond acceptors (Lipinski definition) is 3. The lowest BCUT2D eigenvalue weighted by atomic mass is 10.4. The molecule has 1 unspecified atom stereocenters. The second-order valence-electron chi connectivity index (χ2n) is 4.11. The Kier molecular flexibility index (Phi) is 4.80. The van der Waals surface area contributed by atoms with E-state index in [-0.39, 0.29) is 6.04 Å². The molecular formula is C11H13Br2NO2S2. The second-order valence-corrected chi connectivity index (χ2v) is 8.89. The van der Waals surface area contributed by atoms with Gasteiger partial charge in [-0.05, 0) is 41.1 Å². The molecule has 1 saturated heterocycles. The smallest absolute Gasteiger partial charge is 0.207 e. The highest BCUT2D eigenvalue weighted by atomic mass is 79.9. The molecule has 0 saturated carbocycles. The van der Waals surface area contributed by atoms with E-state index in [1.807, 2.05) is 13.0 Å². The summed E-state index contributed by atoms with van der Waals surface area (Å²) in [4.78, 5) is 0.329. The van der Waals surface area contributed by atoms with E-state index in [4.69, 9.17) is 0 Å². The average Bonchev–Trinajstić information content (AvgIpc) is 2.32. The molecule has 0 aliphatic carbocycles. The lowest BCUT2D eigenvalue weighted by Gasteiger charge is -2.32. The third kappa shape index (κ3) is 2.95. The van der Waals surface area contributed by atoms with Crippen LogP contribution in [0.3, 0.4) is 0 Å². The van der Waals surface area contributed by atoms with Crippen molar-refractivity contribution in [3.05, 3.63) is 27.1 Å². The van der Waals surface area contributed by atoms with Gasteiger partial charge in [0, 0.05) is 33.0 Å². The normalized spacial score (nSPS) is 22.1. The van der Waals surface area contributed by atoms with Gasteiger partial charge in [-0.3, -0.25) is 0 Å². The van der Waals surface area contributed by atoms with Crippen LogP contribution in [0.15, 0.2) is 32.0 Å². The van der Waals surface area contributed by atoms with Crippen LogP contribution in [0.25, 0.3) is 0 Å². The number of hydrogen-bond donors (Lipinski definition) is 0. The average molecular weight is 415 g/mol. The van der Waals surface area contributed by atoms with Crippen LogP contribution in [0, 0.1) is 0 Å². The summed E-state index contributed by atoms with van der Waals surface area (Å²) >= 11 is 8.44. The predicted octanol–water partition coefficient (Wildman–Crippen LogP) is 3.34. The molecule has 1 fully saturated rings. The zero-order valence-electron chi connectivity index (χ0n) is 9.77. The molecule has 1 aromatic rings. The van der Waals surface area contributed by atoms with Crippen LogP contribution in [0.2, 0.25) is 0 Å². The number of benzene rings is 1. The minimum atomic E-state index is -3.42. The summed E-state index contributed by atoms with van der Waals surface area (Å²) in [5.74, 6) is 1.71. The maximum atomic E-state index is 12.6. The molecule has 2 rings (SSSR count). The highest BCUT2D eigenvalue weighted by Gasteiger charge is 2.32. The highest BCUT2D eigenvalue weighted by Crippen LogP contribution is 2.31. The van der Waals surface area contributed by atoms with Gasteiger partial charge >= 0.3 is 0 Å². The molecule has 0 bridgehead atoms. The molecule has 18 heavy (non-hydrogen) atoms. The van der Waals surface area contributed by atoms with E-state index in [1.54, 1.807) is 28.2 Å². The number of thioether (sulfide) groups is 1. The van der Waals surface area contributed by atoms with E-state index in [0.717, 1.165) is 16.0 Å². The van der Waals surface area contributed by atoms with Gasteiger partial charge in [0.15, 0.2) is 0 Å². The maximum absolute atomic E-state index is 12.6. The second kappa shape index (κ2) is 5.83.